The van der Waals surface area contributed by atoms with Crippen molar-refractivity contribution in [2.75, 3.05) is 20.2 Å². The summed E-state index contributed by atoms with van der Waals surface area (Å²) in [5, 5.41) is 10.8. The van der Waals surface area contributed by atoms with Crippen LogP contribution in [0, 0.1) is 0 Å². The van der Waals surface area contributed by atoms with E-state index in [0.717, 1.165) is 48.1 Å². The van der Waals surface area contributed by atoms with Crippen molar-refractivity contribution in [3.05, 3.63) is 78.1 Å². The van der Waals surface area contributed by atoms with Crippen LogP contribution in [0.25, 0.3) is 0 Å². The number of guanidine groups is 1. The number of nitrogens with one attached hydrogen (secondary N) is 2. The molecule has 0 unspecified atom stereocenters. The number of hydrogen-bond donors (Lipinski definition) is 2. The molecule has 0 amide bonds. The third kappa shape index (κ3) is 8.78. The number of aliphatic imine (C=N–C) groups is 1. The zero-order valence-electron chi connectivity index (χ0n) is 18.7. The molecule has 7 nitrogen and oxygen atoms in total. The molecule has 0 saturated carbocycles. The second-order valence-electron chi connectivity index (χ2n) is 7.10. The predicted molar refractivity (Wildman–Crippen MR) is 139 cm³/mol. The number of aryl methyl sites for hydroxylation is 1. The maximum atomic E-state index is 5.83. The molecule has 1 aromatic heterocycles. The minimum atomic E-state index is 0. The Hall–Kier alpha value is -2.75. The van der Waals surface area contributed by atoms with Gasteiger partial charge in [-0.3, -0.25) is 9.67 Å². The monoisotopic (exact) mass is 549 g/mol. The first-order valence-electron chi connectivity index (χ1n) is 10.6. The van der Waals surface area contributed by atoms with Crippen LogP contribution in [0.5, 0.6) is 11.5 Å². The maximum Gasteiger partial charge on any atom is 0.191 e. The van der Waals surface area contributed by atoms with Gasteiger partial charge < -0.3 is 20.1 Å². The van der Waals surface area contributed by atoms with E-state index in [9.17, 15) is 0 Å². The summed E-state index contributed by atoms with van der Waals surface area (Å²) >= 11 is 0. The molecule has 0 aliphatic carbocycles. The van der Waals surface area contributed by atoms with Crippen molar-refractivity contribution in [2.24, 2.45) is 12.0 Å². The van der Waals surface area contributed by atoms with Crippen molar-refractivity contribution in [2.45, 2.75) is 26.0 Å². The van der Waals surface area contributed by atoms with E-state index >= 15 is 0 Å². The van der Waals surface area contributed by atoms with Gasteiger partial charge in [0.2, 0.25) is 0 Å². The van der Waals surface area contributed by atoms with Crippen molar-refractivity contribution in [1.29, 1.82) is 0 Å². The number of aromatic nitrogens is 2. The van der Waals surface area contributed by atoms with Crippen molar-refractivity contribution in [3.63, 3.8) is 0 Å². The summed E-state index contributed by atoms with van der Waals surface area (Å²) in [4.78, 5) is 4.25. The highest BCUT2D eigenvalue weighted by Gasteiger charge is 2.02. The first-order valence-corrected chi connectivity index (χ1v) is 10.6. The Morgan fingerprint density at radius 2 is 1.66 bits per heavy atom. The summed E-state index contributed by atoms with van der Waals surface area (Å²) in [6, 6.07) is 19.9. The number of halogens is 1. The van der Waals surface area contributed by atoms with Crippen LogP contribution in [0.15, 0.2) is 71.9 Å². The SMILES string of the molecule is CN=C(NCCCCOc1ccc(OCc2ccccc2)cc1)NCc1ccnn1C.I. The van der Waals surface area contributed by atoms with E-state index in [1.54, 1.807) is 13.2 Å². The summed E-state index contributed by atoms with van der Waals surface area (Å²) in [7, 11) is 3.70. The van der Waals surface area contributed by atoms with Gasteiger partial charge in [-0.05, 0) is 48.7 Å². The lowest BCUT2D eigenvalue weighted by Gasteiger charge is -2.12. The van der Waals surface area contributed by atoms with Gasteiger partial charge in [0.15, 0.2) is 5.96 Å². The number of ether oxygens (including phenoxy) is 2. The lowest BCUT2D eigenvalue weighted by atomic mass is 10.2. The first kappa shape index (κ1) is 25.5. The maximum absolute atomic E-state index is 5.83. The predicted octanol–water partition coefficient (Wildman–Crippen LogP) is 4.14. The third-order valence-electron chi connectivity index (χ3n) is 4.79. The standard InChI is InChI=1S/C24H31N5O2.HI/c1-25-24(27-18-21-14-16-28-29(21)2)26-15-6-7-17-30-22-10-12-23(13-11-22)31-19-20-8-4-3-5-9-20;/h3-5,8-14,16H,6-7,15,17-19H2,1-2H3,(H2,25,26,27);1H. The number of hydrogen-bond acceptors (Lipinski definition) is 4. The summed E-state index contributed by atoms with van der Waals surface area (Å²) in [5.74, 6) is 2.48. The van der Waals surface area contributed by atoms with E-state index in [1.165, 1.54) is 0 Å². The molecular weight excluding hydrogens is 517 g/mol. The smallest absolute Gasteiger partial charge is 0.191 e. The van der Waals surface area contributed by atoms with Gasteiger partial charge in [-0.15, -0.1) is 24.0 Å². The van der Waals surface area contributed by atoms with Crippen LogP contribution in [0.3, 0.4) is 0 Å². The Bertz CT molecular complexity index is 929. The lowest BCUT2D eigenvalue weighted by Crippen LogP contribution is -2.37. The molecule has 3 aromatic rings. The Morgan fingerprint density at radius 3 is 2.31 bits per heavy atom. The normalized spacial score (nSPS) is 10.9. The number of rotatable bonds is 11. The number of unbranched alkanes of at least 4 members (excludes halogenated alkanes) is 1. The molecule has 172 valence electrons. The molecule has 0 spiro atoms. The van der Waals surface area contributed by atoms with E-state index in [-0.39, 0.29) is 24.0 Å². The summed E-state index contributed by atoms with van der Waals surface area (Å²) in [6.45, 7) is 2.76. The molecule has 0 radical (unpaired) electrons. The zero-order valence-corrected chi connectivity index (χ0v) is 21.0. The molecule has 3 rings (SSSR count). The first-order chi connectivity index (χ1) is 15.2. The second-order valence-corrected chi connectivity index (χ2v) is 7.10. The fourth-order valence-corrected chi connectivity index (χ4v) is 2.97. The van der Waals surface area contributed by atoms with Gasteiger partial charge in [-0.2, -0.15) is 5.10 Å². The van der Waals surface area contributed by atoms with Gasteiger partial charge in [-0.1, -0.05) is 30.3 Å². The molecule has 0 saturated heterocycles. The highest BCUT2D eigenvalue weighted by molar-refractivity contribution is 14.0. The molecule has 0 aliphatic rings. The molecule has 32 heavy (non-hydrogen) atoms. The molecule has 0 aliphatic heterocycles. The fourth-order valence-electron chi connectivity index (χ4n) is 2.97. The third-order valence-corrected chi connectivity index (χ3v) is 4.79. The van der Waals surface area contributed by atoms with Gasteiger partial charge in [0, 0.05) is 26.8 Å². The van der Waals surface area contributed by atoms with Crippen LogP contribution < -0.4 is 20.1 Å². The van der Waals surface area contributed by atoms with Crippen LogP contribution in [-0.2, 0) is 20.2 Å². The minimum Gasteiger partial charge on any atom is -0.494 e. The Balaban J connectivity index is 0.00000363. The average Bonchev–Trinajstić information content (AvgIpc) is 3.22. The largest absolute Gasteiger partial charge is 0.494 e. The molecule has 8 heteroatoms. The Morgan fingerprint density at radius 1 is 0.938 bits per heavy atom. The van der Waals surface area contributed by atoms with Crippen LogP contribution in [0.4, 0.5) is 0 Å². The molecule has 1 heterocycles. The lowest BCUT2D eigenvalue weighted by molar-refractivity contribution is 0.298. The minimum absolute atomic E-state index is 0. The van der Waals surface area contributed by atoms with E-state index in [1.807, 2.05) is 60.3 Å². The number of benzene rings is 2. The highest BCUT2D eigenvalue weighted by Crippen LogP contribution is 2.19. The molecule has 2 aromatic carbocycles. The topological polar surface area (TPSA) is 72.7 Å². The van der Waals surface area contributed by atoms with Gasteiger partial charge in [0.25, 0.3) is 0 Å². The Labute approximate surface area is 207 Å². The molecule has 0 bridgehead atoms. The van der Waals surface area contributed by atoms with Crippen molar-refractivity contribution in [1.82, 2.24) is 20.4 Å². The van der Waals surface area contributed by atoms with Crippen molar-refractivity contribution < 1.29 is 9.47 Å². The highest BCUT2D eigenvalue weighted by atomic mass is 127. The molecule has 2 N–H and O–H groups in total. The van der Waals surface area contributed by atoms with Gasteiger partial charge >= 0.3 is 0 Å². The zero-order chi connectivity index (χ0) is 21.7. The molecule has 0 atom stereocenters. The van der Waals surface area contributed by atoms with Crippen molar-refractivity contribution >= 4 is 29.9 Å². The summed E-state index contributed by atoms with van der Waals surface area (Å²) in [6.07, 6.45) is 3.74. The van der Waals surface area contributed by atoms with Gasteiger partial charge in [0.1, 0.15) is 18.1 Å². The van der Waals surface area contributed by atoms with E-state index in [2.05, 4.69) is 32.9 Å². The average molecular weight is 549 g/mol. The fraction of sp³-hybridized carbons (Fsp3) is 0.333. The quantitative estimate of drug-likeness (QED) is 0.163. The van der Waals surface area contributed by atoms with Gasteiger partial charge in [-0.25, -0.2) is 0 Å². The summed E-state index contributed by atoms with van der Waals surface area (Å²) < 4.78 is 13.5. The Kier molecular flexibility index (Phi) is 11.4. The summed E-state index contributed by atoms with van der Waals surface area (Å²) in [5.41, 5.74) is 2.26. The molecule has 0 fully saturated rings. The van der Waals surface area contributed by atoms with Crippen LogP contribution in [-0.4, -0.2) is 35.9 Å². The van der Waals surface area contributed by atoms with E-state index in [0.29, 0.717) is 19.8 Å². The van der Waals surface area contributed by atoms with Crippen LogP contribution in [0.2, 0.25) is 0 Å². The van der Waals surface area contributed by atoms with E-state index in [4.69, 9.17) is 9.47 Å². The van der Waals surface area contributed by atoms with Gasteiger partial charge in [0.05, 0.1) is 18.8 Å². The number of nitrogens with zero attached hydrogens (tertiary/aromatic N) is 3. The van der Waals surface area contributed by atoms with Crippen LogP contribution >= 0.6 is 24.0 Å². The molecular formula is C24H32IN5O2. The van der Waals surface area contributed by atoms with Crippen molar-refractivity contribution in [3.8, 4) is 11.5 Å². The second kappa shape index (κ2) is 14.3. The van der Waals surface area contributed by atoms with Crippen LogP contribution in [0.1, 0.15) is 24.1 Å². The van der Waals surface area contributed by atoms with E-state index < -0.39 is 0 Å².